The number of amides is 2. The molecule has 0 saturated heterocycles. The van der Waals surface area contributed by atoms with Gasteiger partial charge in [0.1, 0.15) is 23.7 Å². The fraction of sp³-hybridized carbons (Fsp3) is 0.379. The van der Waals surface area contributed by atoms with Crippen molar-refractivity contribution in [1.82, 2.24) is 15.5 Å². The monoisotopic (exact) mass is 518 g/mol. The molecule has 9 heteroatoms. The Kier molecular flexibility index (Phi) is 7.57. The quantitative estimate of drug-likeness (QED) is 0.423. The van der Waals surface area contributed by atoms with Gasteiger partial charge in [0, 0.05) is 29.9 Å². The van der Waals surface area contributed by atoms with Crippen LogP contribution in [0.25, 0.3) is 0 Å². The first kappa shape index (κ1) is 26.9. The first-order valence-electron chi connectivity index (χ1n) is 12.6. The van der Waals surface area contributed by atoms with Crippen LogP contribution in [0, 0.1) is 0 Å². The average molecular weight is 519 g/mol. The number of benzene rings is 2. The summed E-state index contributed by atoms with van der Waals surface area (Å²) in [5, 5.41) is 10.4. The summed E-state index contributed by atoms with van der Waals surface area (Å²) >= 11 is 0. The van der Waals surface area contributed by atoms with Gasteiger partial charge in [-0.25, -0.2) is 4.79 Å². The highest BCUT2D eigenvalue weighted by Crippen LogP contribution is 2.35. The number of rotatable bonds is 8. The van der Waals surface area contributed by atoms with Crippen molar-refractivity contribution in [3.05, 3.63) is 77.5 Å². The molecule has 2 aromatic carbocycles. The van der Waals surface area contributed by atoms with E-state index < -0.39 is 5.91 Å². The Morgan fingerprint density at radius 2 is 1.39 bits per heavy atom. The van der Waals surface area contributed by atoms with Crippen LogP contribution in [0.5, 0.6) is 17.4 Å². The first-order chi connectivity index (χ1) is 17.9. The molecular weight excluding hydrogens is 484 g/mol. The van der Waals surface area contributed by atoms with Gasteiger partial charge >= 0.3 is 6.09 Å². The van der Waals surface area contributed by atoms with Gasteiger partial charge < -0.3 is 25.3 Å². The third kappa shape index (κ3) is 6.79. The fourth-order valence-corrected chi connectivity index (χ4v) is 4.07. The minimum absolute atomic E-state index is 0.0329. The first-order valence-corrected chi connectivity index (χ1v) is 12.6. The zero-order valence-electron chi connectivity index (χ0n) is 22.4. The van der Waals surface area contributed by atoms with Gasteiger partial charge in [0.2, 0.25) is 5.88 Å². The number of nitrogens with one attached hydrogen (secondary N) is 1. The van der Waals surface area contributed by atoms with Crippen molar-refractivity contribution in [3.8, 4) is 17.4 Å². The Bertz CT molecular complexity index is 1260. The van der Waals surface area contributed by atoms with E-state index in [1.807, 2.05) is 57.2 Å². The Balaban J connectivity index is 1.30. The minimum Gasteiger partial charge on any atom is -0.490 e. The van der Waals surface area contributed by atoms with Crippen LogP contribution in [0.1, 0.15) is 69.1 Å². The SMILES string of the molecule is CC(C)(C)NC(=O)OC1CC(Oc2ccc(C(C)(C)c3ccc(Oc4ccc(C(N)=O)nn4)cc3)cc2)C1. The topological polar surface area (TPSA) is 126 Å². The molecule has 1 saturated carbocycles. The van der Waals surface area contributed by atoms with Gasteiger partial charge in [-0.15, -0.1) is 10.2 Å². The minimum atomic E-state index is -0.640. The third-order valence-electron chi connectivity index (χ3n) is 6.37. The smallest absolute Gasteiger partial charge is 0.407 e. The second kappa shape index (κ2) is 10.7. The number of hydrogen-bond donors (Lipinski definition) is 2. The van der Waals surface area contributed by atoms with Crippen LogP contribution in [0.4, 0.5) is 4.79 Å². The Morgan fingerprint density at radius 1 is 0.816 bits per heavy atom. The normalized spacial score (nSPS) is 17.2. The van der Waals surface area contributed by atoms with Crippen molar-refractivity contribution in [3.63, 3.8) is 0 Å². The summed E-state index contributed by atoms with van der Waals surface area (Å²) < 4.78 is 17.2. The largest absolute Gasteiger partial charge is 0.490 e. The van der Waals surface area contributed by atoms with E-state index in [0.29, 0.717) is 18.6 Å². The Labute approximate surface area is 222 Å². The summed E-state index contributed by atoms with van der Waals surface area (Å²) in [6, 6.07) is 18.9. The van der Waals surface area contributed by atoms with Crippen LogP contribution in [0.3, 0.4) is 0 Å². The summed E-state index contributed by atoms with van der Waals surface area (Å²) in [6.45, 7) is 10.1. The Morgan fingerprint density at radius 3 is 1.89 bits per heavy atom. The highest BCUT2D eigenvalue weighted by Gasteiger charge is 2.34. The predicted molar refractivity (Wildman–Crippen MR) is 142 cm³/mol. The molecule has 0 bridgehead atoms. The molecule has 1 fully saturated rings. The second-order valence-electron chi connectivity index (χ2n) is 11.0. The van der Waals surface area contributed by atoms with Crippen LogP contribution in [-0.2, 0) is 10.2 Å². The molecule has 1 aliphatic carbocycles. The molecule has 0 spiro atoms. The molecule has 4 rings (SSSR count). The van der Waals surface area contributed by atoms with E-state index in [-0.39, 0.29) is 40.8 Å². The van der Waals surface area contributed by atoms with Gasteiger partial charge in [-0.2, -0.15) is 0 Å². The van der Waals surface area contributed by atoms with Crippen molar-refractivity contribution >= 4 is 12.0 Å². The number of alkyl carbamates (subject to hydrolysis) is 1. The summed E-state index contributed by atoms with van der Waals surface area (Å²) in [5.74, 6) is 1.03. The number of aromatic nitrogens is 2. The molecule has 0 aliphatic heterocycles. The molecule has 1 aliphatic rings. The maximum Gasteiger partial charge on any atom is 0.407 e. The summed E-state index contributed by atoms with van der Waals surface area (Å²) in [7, 11) is 0. The zero-order valence-corrected chi connectivity index (χ0v) is 22.4. The number of nitrogens with zero attached hydrogens (tertiary/aromatic N) is 2. The van der Waals surface area contributed by atoms with Gasteiger partial charge in [-0.1, -0.05) is 38.1 Å². The number of ether oxygens (including phenoxy) is 3. The third-order valence-corrected chi connectivity index (χ3v) is 6.37. The highest BCUT2D eigenvalue weighted by atomic mass is 16.6. The molecule has 0 atom stereocenters. The summed E-state index contributed by atoms with van der Waals surface area (Å²) in [6.07, 6.45) is 0.888. The van der Waals surface area contributed by atoms with E-state index in [1.54, 1.807) is 6.07 Å². The fourth-order valence-electron chi connectivity index (χ4n) is 4.07. The number of hydrogen-bond acceptors (Lipinski definition) is 7. The molecule has 2 amide bonds. The molecule has 0 unspecified atom stereocenters. The molecule has 0 radical (unpaired) electrons. The predicted octanol–water partition coefficient (Wildman–Crippen LogP) is 5.13. The van der Waals surface area contributed by atoms with Gasteiger partial charge in [0.25, 0.3) is 5.91 Å². The van der Waals surface area contributed by atoms with E-state index in [2.05, 4.69) is 41.5 Å². The summed E-state index contributed by atoms with van der Waals surface area (Å²) in [4.78, 5) is 23.0. The molecule has 200 valence electrons. The molecule has 1 aromatic heterocycles. The molecule has 3 aromatic rings. The van der Waals surface area contributed by atoms with Crippen LogP contribution in [0.15, 0.2) is 60.7 Å². The number of primary amides is 1. The summed E-state index contributed by atoms with van der Waals surface area (Å²) in [5.41, 5.74) is 6.95. The van der Waals surface area contributed by atoms with Gasteiger partial charge in [-0.3, -0.25) is 4.79 Å². The van der Waals surface area contributed by atoms with Crippen molar-refractivity contribution in [1.29, 1.82) is 0 Å². The number of carbonyl (C=O) groups excluding carboxylic acids is 2. The van der Waals surface area contributed by atoms with Crippen LogP contribution in [0.2, 0.25) is 0 Å². The van der Waals surface area contributed by atoms with Crippen LogP contribution >= 0.6 is 0 Å². The second-order valence-corrected chi connectivity index (χ2v) is 11.0. The van der Waals surface area contributed by atoms with Crippen molar-refractivity contribution in [2.75, 3.05) is 0 Å². The van der Waals surface area contributed by atoms with Gasteiger partial charge in [0.05, 0.1) is 0 Å². The standard InChI is InChI=1S/C29H34N4O5/c1-28(2,3)31-27(35)38-23-16-22(17-23)36-20-10-6-18(7-11-20)29(4,5)19-8-12-21(13-9-19)37-25-15-14-24(26(30)34)32-33-25/h6-15,22-23H,16-17H2,1-5H3,(H2,30,34)(H,31,35). The lowest BCUT2D eigenvalue weighted by molar-refractivity contribution is -0.0243. The van der Waals surface area contributed by atoms with Crippen molar-refractivity contribution in [2.24, 2.45) is 5.73 Å². The van der Waals surface area contributed by atoms with Gasteiger partial charge in [-0.05, 0) is 62.2 Å². The lowest BCUT2D eigenvalue weighted by Crippen LogP contribution is -2.46. The van der Waals surface area contributed by atoms with E-state index in [1.165, 1.54) is 6.07 Å². The highest BCUT2D eigenvalue weighted by molar-refractivity contribution is 5.90. The zero-order chi connectivity index (χ0) is 27.5. The van der Waals surface area contributed by atoms with Gasteiger partial charge in [0.15, 0.2) is 5.69 Å². The maximum atomic E-state index is 11.9. The van der Waals surface area contributed by atoms with Crippen LogP contribution < -0.4 is 20.5 Å². The van der Waals surface area contributed by atoms with Crippen molar-refractivity contribution in [2.45, 2.75) is 70.6 Å². The van der Waals surface area contributed by atoms with E-state index in [9.17, 15) is 9.59 Å². The lowest BCUT2D eigenvalue weighted by atomic mass is 9.78. The maximum absolute atomic E-state index is 11.9. The Hall–Kier alpha value is -4.14. The number of nitrogens with two attached hydrogens (primary N) is 1. The molecule has 9 nitrogen and oxygen atoms in total. The molecule has 38 heavy (non-hydrogen) atoms. The number of carbonyl (C=O) groups is 2. The molecule has 1 heterocycles. The van der Waals surface area contributed by atoms with E-state index in [4.69, 9.17) is 19.9 Å². The molecular formula is C29H34N4O5. The van der Waals surface area contributed by atoms with Crippen LogP contribution in [-0.4, -0.2) is 39.9 Å². The van der Waals surface area contributed by atoms with Crippen molar-refractivity contribution < 1.29 is 23.8 Å². The molecule has 3 N–H and O–H groups in total. The lowest BCUT2D eigenvalue weighted by Gasteiger charge is -2.35. The average Bonchev–Trinajstić information content (AvgIpc) is 2.82. The van der Waals surface area contributed by atoms with E-state index in [0.717, 1.165) is 16.9 Å². The van der Waals surface area contributed by atoms with E-state index >= 15 is 0 Å².